The molecule has 0 radical (unpaired) electrons. The second-order valence-electron chi connectivity index (χ2n) is 7.15. The van der Waals surface area contributed by atoms with Gasteiger partial charge in [-0.2, -0.15) is 0 Å². The van der Waals surface area contributed by atoms with Gasteiger partial charge in [-0.25, -0.2) is 14.8 Å². The first kappa shape index (κ1) is 23.9. The van der Waals surface area contributed by atoms with E-state index in [1.807, 2.05) is 36.0 Å². The fourth-order valence-corrected chi connectivity index (χ4v) is 3.14. The molecule has 10 heteroatoms. The topological polar surface area (TPSA) is 109 Å². The average Bonchev–Trinajstić information content (AvgIpc) is 3.27. The van der Waals surface area contributed by atoms with Crippen LogP contribution in [0.15, 0.2) is 48.9 Å². The molecule has 2 N–H and O–H groups in total. The molecule has 176 valence electrons. The molecule has 2 heterocycles. The van der Waals surface area contributed by atoms with Gasteiger partial charge in [-0.05, 0) is 23.3 Å². The molecule has 0 aliphatic heterocycles. The van der Waals surface area contributed by atoms with E-state index in [1.165, 1.54) is 0 Å². The maximum Gasteiger partial charge on any atom is 0.315 e. The van der Waals surface area contributed by atoms with Crippen molar-refractivity contribution >= 4 is 6.03 Å². The fourth-order valence-electron chi connectivity index (χ4n) is 3.14. The molecule has 0 saturated heterocycles. The van der Waals surface area contributed by atoms with Crippen molar-refractivity contribution in [3.05, 3.63) is 65.9 Å². The average molecular weight is 456 g/mol. The van der Waals surface area contributed by atoms with Crippen LogP contribution in [0.25, 0.3) is 0 Å². The van der Waals surface area contributed by atoms with E-state index in [1.54, 1.807) is 45.9 Å². The maximum atomic E-state index is 12.8. The molecule has 0 bridgehead atoms. The molecule has 0 saturated carbocycles. The van der Waals surface area contributed by atoms with Crippen molar-refractivity contribution in [2.75, 3.05) is 34.5 Å². The minimum absolute atomic E-state index is 0.298. The number of carbonyl (C=O) groups excluding carboxylic acids is 1. The summed E-state index contributed by atoms with van der Waals surface area (Å²) in [5, 5.41) is 5.85. The lowest BCUT2D eigenvalue weighted by molar-refractivity contribution is 0.143. The third-order valence-corrected chi connectivity index (χ3v) is 4.89. The van der Waals surface area contributed by atoms with Crippen LogP contribution < -0.4 is 24.8 Å². The molecule has 0 fully saturated rings. The zero-order valence-electron chi connectivity index (χ0n) is 19.2. The first-order valence-electron chi connectivity index (χ1n) is 10.3. The van der Waals surface area contributed by atoms with Gasteiger partial charge in [0.2, 0.25) is 5.88 Å². The zero-order chi connectivity index (χ0) is 23.6. The lowest BCUT2D eigenvalue weighted by Gasteiger charge is -2.21. The highest BCUT2D eigenvalue weighted by molar-refractivity contribution is 5.75. The van der Waals surface area contributed by atoms with Gasteiger partial charge in [-0.3, -0.25) is 0 Å². The van der Waals surface area contributed by atoms with Gasteiger partial charge in [0.15, 0.2) is 0 Å². The summed E-state index contributed by atoms with van der Waals surface area (Å²) in [6, 6.07) is 8.17. The Morgan fingerprint density at radius 3 is 2.39 bits per heavy atom. The van der Waals surface area contributed by atoms with Crippen LogP contribution in [0.5, 0.6) is 17.4 Å². The number of benzene rings is 1. The second kappa shape index (κ2) is 11.7. The molecular weight excluding hydrogens is 426 g/mol. The number of imidazole rings is 1. The van der Waals surface area contributed by atoms with E-state index in [0.29, 0.717) is 43.0 Å². The van der Waals surface area contributed by atoms with Gasteiger partial charge in [0.1, 0.15) is 30.0 Å². The SMILES string of the molecule is COCCOc1ccc(CNC(=O)NC(c2cc(OC)cc(OC)c2)c2nccn2C)cn1. The molecule has 3 aromatic rings. The molecule has 0 aliphatic carbocycles. The predicted octanol–water partition coefficient (Wildman–Crippen LogP) is 2.45. The van der Waals surface area contributed by atoms with Crippen molar-refractivity contribution in [3.8, 4) is 17.4 Å². The van der Waals surface area contributed by atoms with Crippen LogP contribution in [0.1, 0.15) is 23.0 Å². The van der Waals surface area contributed by atoms with Crippen molar-refractivity contribution in [2.45, 2.75) is 12.6 Å². The molecule has 3 rings (SSSR count). The van der Waals surface area contributed by atoms with Crippen LogP contribution in [0.2, 0.25) is 0 Å². The third kappa shape index (κ3) is 6.59. The fraction of sp³-hybridized carbons (Fsp3) is 0.348. The Kier molecular flexibility index (Phi) is 8.48. The number of nitrogens with one attached hydrogen (secondary N) is 2. The number of carbonyl (C=O) groups is 1. The number of hydrogen-bond donors (Lipinski definition) is 2. The first-order chi connectivity index (χ1) is 16.0. The summed E-state index contributed by atoms with van der Waals surface area (Å²) >= 11 is 0. The monoisotopic (exact) mass is 455 g/mol. The minimum atomic E-state index is -0.524. The number of methoxy groups -OCH3 is 3. The Morgan fingerprint density at radius 2 is 1.82 bits per heavy atom. The number of aromatic nitrogens is 3. The molecule has 10 nitrogen and oxygen atoms in total. The van der Waals surface area contributed by atoms with E-state index in [-0.39, 0.29) is 6.03 Å². The highest BCUT2D eigenvalue weighted by atomic mass is 16.5. The summed E-state index contributed by atoms with van der Waals surface area (Å²) in [4.78, 5) is 21.4. The molecule has 0 spiro atoms. The molecule has 1 unspecified atom stereocenters. The normalized spacial score (nSPS) is 11.5. The van der Waals surface area contributed by atoms with E-state index in [0.717, 1.165) is 11.1 Å². The van der Waals surface area contributed by atoms with Gasteiger partial charge in [-0.1, -0.05) is 6.07 Å². The Morgan fingerprint density at radius 1 is 1.06 bits per heavy atom. The molecule has 2 aromatic heterocycles. The largest absolute Gasteiger partial charge is 0.497 e. The summed E-state index contributed by atoms with van der Waals surface area (Å²) in [5.74, 6) is 2.40. The van der Waals surface area contributed by atoms with E-state index in [9.17, 15) is 4.79 Å². The number of rotatable bonds is 11. The highest BCUT2D eigenvalue weighted by Crippen LogP contribution is 2.29. The number of aryl methyl sites for hydroxylation is 1. The van der Waals surface area contributed by atoms with Crippen LogP contribution in [0, 0.1) is 0 Å². The van der Waals surface area contributed by atoms with Gasteiger partial charge >= 0.3 is 6.03 Å². The summed E-state index contributed by atoms with van der Waals surface area (Å²) in [5.41, 5.74) is 1.61. The Hall–Kier alpha value is -3.79. The molecule has 1 aromatic carbocycles. The first-order valence-corrected chi connectivity index (χ1v) is 10.3. The van der Waals surface area contributed by atoms with Crippen LogP contribution in [-0.2, 0) is 18.3 Å². The number of hydrogen-bond acceptors (Lipinski definition) is 7. The number of urea groups is 1. The van der Waals surface area contributed by atoms with Gasteiger partial charge in [0.25, 0.3) is 0 Å². The minimum Gasteiger partial charge on any atom is -0.497 e. The molecule has 33 heavy (non-hydrogen) atoms. The summed E-state index contributed by atoms with van der Waals surface area (Å²) < 4.78 is 23.0. The third-order valence-electron chi connectivity index (χ3n) is 4.89. The van der Waals surface area contributed by atoms with Crippen molar-refractivity contribution in [1.29, 1.82) is 0 Å². The van der Waals surface area contributed by atoms with Gasteiger partial charge in [0, 0.05) is 51.4 Å². The van der Waals surface area contributed by atoms with Crippen molar-refractivity contribution in [1.82, 2.24) is 25.2 Å². The summed E-state index contributed by atoms with van der Waals surface area (Å²) in [6.07, 6.45) is 5.16. The number of nitrogens with zero attached hydrogens (tertiary/aromatic N) is 3. The molecular formula is C23H29N5O5. The Labute approximate surface area is 192 Å². The second-order valence-corrected chi connectivity index (χ2v) is 7.15. The lowest BCUT2D eigenvalue weighted by Crippen LogP contribution is -2.39. The van der Waals surface area contributed by atoms with E-state index >= 15 is 0 Å². The van der Waals surface area contributed by atoms with Gasteiger partial charge in [0.05, 0.1) is 20.8 Å². The van der Waals surface area contributed by atoms with Crippen molar-refractivity contribution in [2.24, 2.45) is 7.05 Å². The van der Waals surface area contributed by atoms with Gasteiger partial charge < -0.3 is 34.1 Å². The van der Waals surface area contributed by atoms with Crippen LogP contribution >= 0.6 is 0 Å². The van der Waals surface area contributed by atoms with Crippen LogP contribution in [0.4, 0.5) is 4.79 Å². The zero-order valence-corrected chi connectivity index (χ0v) is 19.2. The standard InChI is InChI=1S/C23H29N5O5/c1-28-8-7-24-22(28)21(17-11-18(31-3)13-19(12-17)32-4)27-23(29)26-15-16-5-6-20(25-14-16)33-10-9-30-2/h5-8,11-14,21H,9-10,15H2,1-4H3,(H2,26,27,29). The number of ether oxygens (including phenoxy) is 4. The predicted molar refractivity (Wildman–Crippen MR) is 122 cm³/mol. The molecule has 1 atom stereocenters. The van der Waals surface area contributed by atoms with Crippen molar-refractivity contribution < 1.29 is 23.7 Å². The maximum absolute atomic E-state index is 12.8. The van der Waals surface area contributed by atoms with Crippen LogP contribution in [0.3, 0.4) is 0 Å². The van der Waals surface area contributed by atoms with Gasteiger partial charge in [-0.15, -0.1) is 0 Å². The van der Waals surface area contributed by atoms with E-state index < -0.39 is 6.04 Å². The lowest BCUT2D eigenvalue weighted by atomic mass is 10.1. The Bertz CT molecular complexity index is 1020. The Balaban J connectivity index is 1.69. The smallest absolute Gasteiger partial charge is 0.315 e. The quantitative estimate of drug-likeness (QED) is 0.428. The molecule has 0 aliphatic rings. The van der Waals surface area contributed by atoms with Crippen LogP contribution in [-0.4, -0.2) is 55.1 Å². The number of amides is 2. The molecule has 2 amide bonds. The summed E-state index contributed by atoms with van der Waals surface area (Å²) in [6.45, 7) is 1.21. The summed E-state index contributed by atoms with van der Waals surface area (Å²) in [7, 11) is 6.64. The van der Waals surface area contributed by atoms with E-state index in [2.05, 4.69) is 20.6 Å². The van der Waals surface area contributed by atoms with Crippen molar-refractivity contribution in [3.63, 3.8) is 0 Å². The number of pyridine rings is 1. The van der Waals surface area contributed by atoms with E-state index in [4.69, 9.17) is 18.9 Å². The highest BCUT2D eigenvalue weighted by Gasteiger charge is 2.22.